The summed E-state index contributed by atoms with van der Waals surface area (Å²) >= 11 is 0. The summed E-state index contributed by atoms with van der Waals surface area (Å²) in [6.45, 7) is 12.6. The second kappa shape index (κ2) is 10.4. The molecule has 0 unspecified atom stereocenters. The molecule has 0 radical (unpaired) electrons. The second-order valence-corrected chi connectivity index (χ2v) is 6.47. The van der Waals surface area contributed by atoms with Gasteiger partial charge in [-0.05, 0) is 41.5 Å². The lowest BCUT2D eigenvalue weighted by Crippen LogP contribution is -1.71. The van der Waals surface area contributed by atoms with Crippen LogP contribution in [0, 0.1) is 41.5 Å². The van der Waals surface area contributed by atoms with Crippen molar-refractivity contribution < 1.29 is 0 Å². The zero-order valence-corrected chi connectivity index (χ0v) is 15.9. The SMILES string of the molecule is Cc1cccc(C)c1.Cc1cccc(C)c1.Cc1cccc(C)c1. The highest BCUT2D eigenvalue weighted by atomic mass is 13.9. The molecule has 3 rings (SSSR count). The van der Waals surface area contributed by atoms with E-state index in [9.17, 15) is 0 Å². The molecular weight excluding hydrogens is 288 g/mol. The average molecular weight is 319 g/mol. The van der Waals surface area contributed by atoms with Crippen LogP contribution in [0.15, 0.2) is 72.8 Å². The molecule has 24 heavy (non-hydrogen) atoms. The van der Waals surface area contributed by atoms with Gasteiger partial charge in [-0.1, -0.05) is 106 Å². The van der Waals surface area contributed by atoms with Gasteiger partial charge < -0.3 is 0 Å². The quantitative estimate of drug-likeness (QED) is 0.422. The van der Waals surface area contributed by atoms with E-state index < -0.39 is 0 Å². The summed E-state index contributed by atoms with van der Waals surface area (Å²) in [4.78, 5) is 0. The fourth-order valence-corrected chi connectivity index (χ4v) is 2.42. The Morgan fingerprint density at radius 1 is 0.333 bits per heavy atom. The van der Waals surface area contributed by atoms with Gasteiger partial charge in [0, 0.05) is 0 Å². The summed E-state index contributed by atoms with van der Waals surface area (Å²) in [6.07, 6.45) is 0. The maximum absolute atomic E-state index is 2.17. The molecule has 0 heteroatoms. The van der Waals surface area contributed by atoms with E-state index >= 15 is 0 Å². The number of aryl methyl sites for hydroxylation is 6. The monoisotopic (exact) mass is 318 g/mol. The Balaban J connectivity index is 0.000000180. The topological polar surface area (TPSA) is 0 Å². The number of hydrogen-bond acceptors (Lipinski definition) is 0. The molecule has 0 amide bonds. The van der Waals surface area contributed by atoms with Gasteiger partial charge in [0.15, 0.2) is 0 Å². The van der Waals surface area contributed by atoms with Gasteiger partial charge in [0.1, 0.15) is 0 Å². The average Bonchev–Trinajstić information content (AvgIpc) is 2.47. The molecule has 0 atom stereocenters. The van der Waals surface area contributed by atoms with Crippen LogP contribution in [0.5, 0.6) is 0 Å². The summed E-state index contributed by atoms with van der Waals surface area (Å²) in [5.41, 5.74) is 8.03. The van der Waals surface area contributed by atoms with Crippen molar-refractivity contribution in [3.63, 3.8) is 0 Å². The minimum absolute atomic E-state index is 1.34. The third-order valence-electron chi connectivity index (χ3n) is 3.52. The van der Waals surface area contributed by atoms with Crippen LogP contribution < -0.4 is 0 Å². The standard InChI is InChI=1S/3C8H10/c3*1-7-4-3-5-8(2)6-7/h3*3-6H,1-2H3. The van der Waals surface area contributed by atoms with Crippen molar-refractivity contribution >= 4 is 0 Å². The van der Waals surface area contributed by atoms with Crippen LogP contribution in [-0.4, -0.2) is 0 Å². The molecule has 0 saturated heterocycles. The van der Waals surface area contributed by atoms with E-state index in [0.29, 0.717) is 0 Å². The maximum Gasteiger partial charge on any atom is -0.0398 e. The van der Waals surface area contributed by atoms with Crippen molar-refractivity contribution in [3.05, 3.63) is 106 Å². The second-order valence-electron chi connectivity index (χ2n) is 6.47. The predicted octanol–water partition coefficient (Wildman–Crippen LogP) is 6.91. The Kier molecular flexibility index (Phi) is 8.57. The molecule has 126 valence electrons. The largest absolute Gasteiger partial charge is 0.0617 e. The zero-order chi connectivity index (χ0) is 17.9. The van der Waals surface area contributed by atoms with Crippen LogP contribution >= 0.6 is 0 Å². The number of hydrogen-bond donors (Lipinski definition) is 0. The Bertz CT molecular complexity index is 583. The fraction of sp³-hybridized carbons (Fsp3) is 0.250. The van der Waals surface area contributed by atoms with Crippen LogP contribution in [0.25, 0.3) is 0 Å². The molecule has 0 aliphatic carbocycles. The Morgan fingerprint density at radius 2 is 0.500 bits per heavy atom. The van der Waals surface area contributed by atoms with Gasteiger partial charge in [0.2, 0.25) is 0 Å². The van der Waals surface area contributed by atoms with Gasteiger partial charge in [-0.2, -0.15) is 0 Å². The molecule has 0 N–H and O–H groups in total. The van der Waals surface area contributed by atoms with Crippen molar-refractivity contribution in [2.24, 2.45) is 0 Å². The van der Waals surface area contributed by atoms with Crippen molar-refractivity contribution in [3.8, 4) is 0 Å². The molecule has 0 nitrogen and oxygen atoms in total. The number of benzene rings is 3. The molecule has 0 aliphatic heterocycles. The maximum atomic E-state index is 2.17. The first kappa shape index (κ1) is 19.7. The lowest BCUT2D eigenvalue weighted by atomic mass is 10.2. The first-order valence-electron chi connectivity index (χ1n) is 8.46. The molecule has 0 fully saturated rings. The van der Waals surface area contributed by atoms with Gasteiger partial charge in [0.25, 0.3) is 0 Å². The first-order valence-corrected chi connectivity index (χ1v) is 8.46. The predicted molar refractivity (Wildman–Crippen MR) is 108 cm³/mol. The fourth-order valence-electron chi connectivity index (χ4n) is 2.42. The lowest BCUT2D eigenvalue weighted by molar-refractivity contribution is 1.39. The van der Waals surface area contributed by atoms with Crippen LogP contribution in [0.4, 0.5) is 0 Å². The Morgan fingerprint density at radius 3 is 0.583 bits per heavy atom. The number of rotatable bonds is 0. The van der Waals surface area contributed by atoms with E-state index in [1.54, 1.807) is 0 Å². The third kappa shape index (κ3) is 8.95. The normalized spacial score (nSPS) is 9.25. The summed E-state index contributed by atoms with van der Waals surface area (Å²) in [7, 11) is 0. The lowest BCUT2D eigenvalue weighted by Gasteiger charge is -1.90. The molecule has 0 heterocycles. The Labute approximate surface area is 148 Å². The summed E-state index contributed by atoms with van der Waals surface area (Å²) in [5.74, 6) is 0. The highest BCUT2D eigenvalue weighted by Crippen LogP contribution is 2.01. The minimum atomic E-state index is 1.34. The summed E-state index contributed by atoms with van der Waals surface area (Å²) < 4.78 is 0. The molecular formula is C24H30. The van der Waals surface area contributed by atoms with E-state index in [1.165, 1.54) is 33.4 Å². The molecule has 0 spiro atoms. The first-order chi connectivity index (χ1) is 11.4. The van der Waals surface area contributed by atoms with E-state index in [4.69, 9.17) is 0 Å². The van der Waals surface area contributed by atoms with Crippen LogP contribution in [0.2, 0.25) is 0 Å². The van der Waals surface area contributed by atoms with Gasteiger partial charge >= 0.3 is 0 Å². The minimum Gasteiger partial charge on any atom is -0.0617 e. The van der Waals surface area contributed by atoms with E-state index in [0.717, 1.165) is 0 Å². The zero-order valence-electron chi connectivity index (χ0n) is 15.9. The van der Waals surface area contributed by atoms with E-state index in [2.05, 4.69) is 114 Å². The highest BCUT2D eigenvalue weighted by Gasteiger charge is 1.82. The Hall–Kier alpha value is -2.34. The van der Waals surface area contributed by atoms with Crippen molar-refractivity contribution in [2.75, 3.05) is 0 Å². The molecule has 0 aromatic heterocycles. The van der Waals surface area contributed by atoms with Gasteiger partial charge in [-0.25, -0.2) is 0 Å². The molecule has 3 aromatic carbocycles. The highest BCUT2D eigenvalue weighted by molar-refractivity contribution is 5.21. The smallest absolute Gasteiger partial charge is 0.0398 e. The van der Waals surface area contributed by atoms with Crippen molar-refractivity contribution in [1.82, 2.24) is 0 Å². The molecule has 0 bridgehead atoms. The molecule has 3 aromatic rings. The van der Waals surface area contributed by atoms with Crippen LogP contribution in [0.1, 0.15) is 33.4 Å². The van der Waals surface area contributed by atoms with Gasteiger partial charge in [-0.3, -0.25) is 0 Å². The molecule has 0 saturated carbocycles. The van der Waals surface area contributed by atoms with E-state index in [-0.39, 0.29) is 0 Å². The van der Waals surface area contributed by atoms with Gasteiger partial charge in [0.05, 0.1) is 0 Å². The van der Waals surface area contributed by atoms with Gasteiger partial charge in [-0.15, -0.1) is 0 Å². The van der Waals surface area contributed by atoms with Crippen LogP contribution in [0.3, 0.4) is 0 Å². The summed E-state index contributed by atoms with van der Waals surface area (Å²) in [5, 5.41) is 0. The van der Waals surface area contributed by atoms with Crippen LogP contribution in [-0.2, 0) is 0 Å². The third-order valence-corrected chi connectivity index (χ3v) is 3.52. The van der Waals surface area contributed by atoms with E-state index in [1.807, 2.05) is 0 Å². The molecule has 0 aliphatic rings. The van der Waals surface area contributed by atoms with Crippen molar-refractivity contribution in [1.29, 1.82) is 0 Å². The van der Waals surface area contributed by atoms with Crippen molar-refractivity contribution in [2.45, 2.75) is 41.5 Å². The summed E-state index contributed by atoms with van der Waals surface area (Å²) in [6, 6.07) is 25.3.